The first kappa shape index (κ1) is 12.5. The normalized spacial score (nSPS) is 29.6. The summed E-state index contributed by atoms with van der Waals surface area (Å²) in [6.07, 6.45) is 4.67. The van der Waals surface area contributed by atoms with Gasteiger partial charge in [-0.2, -0.15) is 0 Å². The molecule has 1 aliphatic heterocycles. The van der Waals surface area contributed by atoms with Crippen molar-refractivity contribution in [1.82, 2.24) is 9.47 Å². The Balaban J connectivity index is 1.80. The zero-order chi connectivity index (χ0) is 13.6. The lowest BCUT2D eigenvalue weighted by Crippen LogP contribution is -2.43. The maximum Gasteiger partial charge on any atom is 0.230 e. The van der Waals surface area contributed by atoms with E-state index in [1.54, 1.807) is 0 Å². The van der Waals surface area contributed by atoms with Crippen molar-refractivity contribution in [2.75, 3.05) is 6.54 Å². The van der Waals surface area contributed by atoms with E-state index >= 15 is 0 Å². The summed E-state index contributed by atoms with van der Waals surface area (Å²) in [4.78, 5) is 14.6. The minimum Gasteiger partial charge on any atom is -0.345 e. The maximum absolute atomic E-state index is 12.6. The Morgan fingerprint density at radius 2 is 2.11 bits per heavy atom. The van der Waals surface area contributed by atoms with Gasteiger partial charge in [0.2, 0.25) is 5.91 Å². The van der Waals surface area contributed by atoms with Crippen LogP contribution in [0.15, 0.2) is 24.3 Å². The predicted octanol–water partition coefficient (Wildman–Crippen LogP) is 1.60. The van der Waals surface area contributed by atoms with Crippen molar-refractivity contribution in [2.45, 2.75) is 38.9 Å². The van der Waals surface area contributed by atoms with Crippen LogP contribution in [0.25, 0.3) is 0 Å². The number of hydrogen-bond acceptors (Lipinski definition) is 2. The Morgan fingerprint density at radius 3 is 2.79 bits per heavy atom. The molecule has 1 aliphatic carbocycles. The molecule has 0 aromatic carbocycles. The molecule has 0 spiro atoms. The minimum absolute atomic E-state index is 0.0277. The second kappa shape index (κ2) is 4.53. The van der Waals surface area contributed by atoms with Crippen LogP contribution in [0.3, 0.4) is 0 Å². The van der Waals surface area contributed by atoms with E-state index in [1.807, 2.05) is 17.1 Å². The fourth-order valence-electron chi connectivity index (χ4n) is 3.25. The van der Waals surface area contributed by atoms with Gasteiger partial charge >= 0.3 is 0 Å². The molecule has 1 amide bonds. The third-order valence-corrected chi connectivity index (χ3v) is 4.41. The number of fused-ring (bicyclic) bond motifs is 1. The number of rotatable bonds is 1. The van der Waals surface area contributed by atoms with E-state index < -0.39 is 0 Å². The van der Waals surface area contributed by atoms with Gasteiger partial charge in [0.1, 0.15) is 0 Å². The number of nitrogens with zero attached hydrogens (tertiary/aromatic N) is 2. The van der Waals surface area contributed by atoms with Gasteiger partial charge in [-0.15, -0.1) is 0 Å². The number of nitrogens with two attached hydrogens (primary N) is 1. The van der Waals surface area contributed by atoms with Gasteiger partial charge in [-0.25, -0.2) is 0 Å². The summed E-state index contributed by atoms with van der Waals surface area (Å²) in [7, 11) is 0. The zero-order valence-corrected chi connectivity index (χ0v) is 11.5. The molecule has 2 N–H and O–H groups in total. The van der Waals surface area contributed by atoms with Crippen molar-refractivity contribution in [3.8, 4) is 0 Å². The first-order chi connectivity index (χ1) is 9.08. The van der Waals surface area contributed by atoms with Gasteiger partial charge in [0.15, 0.2) is 0 Å². The molecule has 0 radical (unpaired) electrons. The topological polar surface area (TPSA) is 51.3 Å². The third-order valence-electron chi connectivity index (χ3n) is 4.41. The van der Waals surface area contributed by atoms with Gasteiger partial charge in [0, 0.05) is 30.5 Å². The highest BCUT2D eigenvalue weighted by atomic mass is 16.2. The molecular formula is C15H21N3O. The molecule has 102 valence electrons. The van der Waals surface area contributed by atoms with Crippen LogP contribution in [0, 0.1) is 12.8 Å². The lowest BCUT2D eigenvalue weighted by molar-refractivity contribution is -0.137. The van der Waals surface area contributed by atoms with E-state index in [-0.39, 0.29) is 23.9 Å². The van der Waals surface area contributed by atoms with Crippen LogP contribution in [-0.2, 0) is 11.3 Å². The number of aryl methyl sites for hydroxylation is 1. The Labute approximate surface area is 113 Å². The molecule has 19 heavy (non-hydrogen) atoms. The Kier molecular flexibility index (Phi) is 2.97. The Hall–Kier alpha value is -1.55. The summed E-state index contributed by atoms with van der Waals surface area (Å²) in [6, 6.07) is 4.46. The molecule has 3 rings (SSSR count). The number of carbonyl (C=O) groups excluding carboxylic acids is 1. The van der Waals surface area contributed by atoms with Gasteiger partial charge in [-0.1, -0.05) is 12.2 Å². The molecule has 4 heteroatoms. The smallest absolute Gasteiger partial charge is 0.230 e. The van der Waals surface area contributed by atoms with Crippen molar-refractivity contribution in [3.63, 3.8) is 0 Å². The number of amides is 1. The highest BCUT2D eigenvalue weighted by molar-refractivity contribution is 5.81. The predicted molar refractivity (Wildman–Crippen MR) is 74.5 cm³/mol. The molecule has 2 heterocycles. The average Bonchev–Trinajstić information content (AvgIpc) is 2.97. The second-order valence-electron chi connectivity index (χ2n) is 5.65. The van der Waals surface area contributed by atoms with Crippen LogP contribution < -0.4 is 5.73 Å². The maximum atomic E-state index is 12.6. The Morgan fingerprint density at radius 1 is 1.32 bits per heavy atom. The molecule has 3 unspecified atom stereocenters. The van der Waals surface area contributed by atoms with Gasteiger partial charge in [0.05, 0.1) is 12.0 Å². The summed E-state index contributed by atoms with van der Waals surface area (Å²) in [6.45, 7) is 5.92. The number of aromatic nitrogens is 1. The molecule has 0 bridgehead atoms. The first-order valence-electron chi connectivity index (χ1n) is 6.98. The largest absolute Gasteiger partial charge is 0.345 e. The van der Waals surface area contributed by atoms with Crippen molar-refractivity contribution in [3.05, 3.63) is 35.7 Å². The average molecular weight is 259 g/mol. The monoisotopic (exact) mass is 259 g/mol. The zero-order valence-electron chi connectivity index (χ0n) is 11.5. The minimum atomic E-state index is -0.0277. The van der Waals surface area contributed by atoms with E-state index in [9.17, 15) is 4.79 Å². The number of hydrogen-bond donors (Lipinski definition) is 1. The highest BCUT2D eigenvalue weighted by Crippen LogP contribution is 2.30. The first-order valence-corrected chi connectivity index (χ1v) is 6.98. The second-order valence-corrected chi connectivity index (χ2v) is 5.65. The van der Waals surface area contributed by atoms with Gasteiger partial charge < -0.3 is 15.2 Å². The standard InChI is InChI=1S/C15H21N3O/c1-10-3-6-14-11(2)18(8-7-17(10)14)15(19)12-4-5-13(16)9-12/h3-6,11-13H,7-9,16H2,1-2H3. The van der Waals surface area contributed by atoms with E-state index in [0.29, 0.717) is 0 Å². The fourth-order valence-corrected chi connectivity index (χ4v) is 3.25. The van der Waals surface area contributed by atoms with Crippen LogP contribution >= 0.6 is 0 Å². The van der Waals surface area contributed by atoms with Crippen molar-refractivity contribution in [1.29, 1.82) is 0 Å². The van der Waals surface area contributed by atoms with E-state index in [1.165, 1.54) is 11.4 Å². The fraction of sp³-hybridized carbons (Fsp3) is 0.533. The van der Waals surface area contributed by atoms with Crippen molar-refractivity contribution >= 4 is 5.91 Å². The van der Waals surface area contributed by atoms with Gasteiger partial charge in [-0.05, 0) is 32.4 Å². The van der Waals surface area contributed by atoms with E-state index in [4.69, 9.17) is 5.73 Å². The molecule has 0 fully saturated rings. The van der Waals surface area contributed by atoms with Crippen molar-refractivity contribution < 1.29 is 4.79 Å². The van der Waals surface area contributed by atoms with Crippen molar-refractivity contribution in [2.24, 2.45) is 11.7 Å². The molecule has 2 aliphatic rings. The molecular weight excluding hydrogens is 238 g/mol. The van der Waals surface area contributed by atoms with Gasteiger partial charge in [0.25, 0.3) is 0 Å². The summed E-state index contributed by atoms with van der Waals surface area (Å²) >= 11 is 0. The molecule has 0 saturated heterocycles. The molecule has 0 saturated carbocycles. The molecule has 4 nitrogen and oxygen atoms in total. The third kappa shape index (κ3) is 2.00. The molecule has 1 aromatic rings. The van der Waals surface area contributed by atoms with Crippen LogP contribution in [0.2, 0.25) is 0 Å². The van der Waals surface area contributed by atoms with Crippen LogP contribution in [-0.4, -0.2) is 28.0 Å². The van der Waals surface area contributed by atoms with Crippen LogP contribution in [0.5, 0.6) is 0 Å². The molecule has 1 aromatic heterocycles. The lowest BCUT2D eigenvalue weighted by atomic mass is 10.0. The van der Waals surface area contributed by atoms with Gasteiger partial charge in [-0.3, -0.25) is 4.79 Å². The summed E-state index contributed by atoms with van der Waals surface area (Å²) in [5.41, 5.74) is 8.36. The Bertz CT molecular complexity index is 531. The summed E-state index contributed by atoms with van der Waals surface area (Å²) < 4.78 is 2.31. The summed E-state index contributed by atoms with van der Waals surface area (Å²) in [5, 5.41) is 0. The van der Waals surface area contributed by atoms with Crippen LogP contribution in [0.1, 0.15) is 30.8 Å². The van der Waals surface area contributed by atoms with E-state index in [0.717, 1.165) is 19.5 Å². The quantitative estimate of drug-likeness (QED) is 0.779. The summed E-state index contributed by atoms with van der Waals surface area (Å²) in [5.74, 6) is 0.196. The lowest BCUT2D eigenvalue weighted by Gasteiger charge is -2.36. The highest BCUT2D eigenvalue weighted by Gasteiger charge is 2.33. The van der Waals surface area contributed by atoms with Crippen LogP contribution in [0.4, 0.5) is 0 Å². The van der Waals surface area contributed by atoms with E-state index in [2.05, 4.69) is 30.5 Å². The SMILES string of the molecule is Cc1ccc2n1CCN(C(=O)C1C=CC(N)C1)C2C. The molecule has 3 atom stereocenters. The number of carbonyl (C=O) groups is 1.